The fourth-order valence-corrected chi connectivity index (χ4v) is 2.12. The minimum Gasteiger partial charge on any atom is -0.858 e. The van der Waals surface area contributed by atoms with Crippen LogP contribution in [0.15, 0.2) is 75.9 Å². The normalized spacial score (nSPS) is 12.0. The number of aryl methyl sites for hydroxylation is 1. The minimum atomic E-state index is -0.682. The molecule has 0 aliphatic carbocycles. The second kappa shape index (κ2) is 7.23. The van der Waals surface area contributed by atoms with Crippen molar-refractivity contribution < 1.29 is 14.3 Å². The van der Waals surface area contributed by atoms with Crippen molar-refractivity contribution in [1.82, 2.24) is 5.27 Å². The van der Waals surface area contributed by atoms with E-state index in [-0.39, 0.29) is 11.5 Å². The van der Waals surface area contributed by atoms with E-state index in [1.54, 1.807) is 12.1 Å². The predicted octanol–water partition coefficient (Wildman–Crippen LogP) is 2.26. The van der Waals surface area contributed by atoms with E-state index in [0.717, 1.165) is 16.8 Å². The Morgan fingerprint density at radius 1 is 1.20 bits per heavy atom. The van der Waals surface area contributed by atoms with E-state index in [9.17, 15) is 10.4 Å². The average Bonchev–Trinajstić information content (AvgIpc) is 3.09. The quantitative estimate of drug-likeness (QED) is 0.318. The van der Waals surface area contributed by atoms with Crippen LogP contribution in [0.5, 0.6) is 0 Å². The van der Waals surface area contributed by atoms with Crippen molar-refractivity contribution in [3.63, 3.8) is 0 Å². The van der Waals surface area contributed by atoms with Crippen LogP contribution in [0.25, 0.3) is 11.8 Å². The highest BCUT2D eigenvalue weighted by Crippen LogP contribution is 2.12. The molecule has 0 unspecified atom stereocenters. The highest BCUT2D eigenvalue weighted by molar-refractivity contribution is 5.99. The summed E-state index contributed by atoms with van der Waals surface area (Å²) < 4.78 is 6.52. The number of nitriles is 1. The first kappa shape index (κ1) is 16.1. The van der Waals surface area contributed by atoms with Gasteiger partial charge in [-0.05, 0) is 23.2 Å². The molecule has 0 fully saturated rings. The van der Waals surface area contributed by atoms with Gasteiger partial charge in [0, 0.05) is 18.0 Å². The lowest BCUT2D eigenvalue weighted by atomic mass is 10.1. The molecular weight excluding hydrogens is 316 g/mol. The highest BCUT2D eigenvalue weighted by Gasteiger charge is 2.14. The Labute approximate surface area is 144 Å². The van der Waals surface area contributed by atoms with Crippen LogP contribution in [0.4, 0.5) is 5.88 Å². The Bertz CT molecular complexity index is 965. The molecule has 0 radical (unpaired) electrons. The Hall–Kier alpha value is -3.72. The summed E-state index contributed by atoms with van der Waals surface area (Å²) in [7, 11) is 0. The number of hydrogen-bond donors (Lipinski definition) is 0. The smallest absolute Gasteiger partial charge is 0.321 e. The molecule has 2 aromatic carbocycles. The van der Waals surface area contributed by atoms with Gasteiger partial charge in [0.25, 0.3) is 6.20 Å². The van der Waals surface area contributed by atoms with Crippen LogP contribution in [-0.2, 0) is 0 Å². The molecule has 1 aromatic heterocycles. The summed E-state index contributed by atoms with van der Waals surface area (Å²) in [6.45, 7) is 1.99. The number of rotatable bonds is 4. The Morgan fingerprint density at radius 2 is 1.92 bits per heavy atom. The van der Waals surface area contributed by atoms with Gasteiger partial charge in [0.1, 0.15) is 6.07 Å². The average molecular weight is 330 g/mol. The Morgan fingerprint density at radius 3 is 2.60 bits per heavy atom. The van der Waals surface area contributed by atoms with Gasteiger partial charge in [-0.3, -0.25) is 4.52 Å². The van der Waals surface area contributed by atoms with Crippen molar-refractivity contribution in [2.75, 3.05) is 0 Å². The van der Waals surface area contributed by atoms with E-state index in [4.69, 9.17) is 4.52 Å². The zero-order valence-electron chi connectivity index (χ0n) is 13.5. The molecule has 0 atom stereocenters. The van der Waals surface area contributed by atoms with Crippen LogP contribution < -0.4 is 9.79 Å². The molecule has 6 nitrogen and oxygen atoms in total. The molecule has 0 saturated heterocycles. The fraction of sp³-hybridized carbons (Fsp3) is 0.0526. The Kier molecular flexibility index (Phi) is 4.67. The number of benzene rings is 2. The molecule has 6 heteroatoms. The van der Waals surface area contributed by atoms with Gasteiger partial charge in [-0.25, -0.2) is 4.99 Å². The molecule has 0 aliphatic rings. The van der Waals surface area contributed by atoms with Crippen LogP contribution in [0.2, 0.25) is 0 Å². The lowest BCUT2D eigenvalue weighted by Gasteiger charge is -2.06. The van der Waals surface area contributed by atoms with Crippen molar-refractivity contribution in [2.45, 2.75) is 6.92 Å². The minimum absolute atomic E-state index is 0.0276. The number of aromatic nitrogens is 2. The third kappa shape index (κ3) is 3.98. The molecule has 1 heterocycles. The zero-order valence-corrected chi connectivity index (χ0v) is 13.5. The second-order valence-corrected chi connectivity index (χ2v) is 5.32. The van der Waals surface area contributed by atoms with E-state index < -0.39 is 5.90 Å². The number of aliphatic imine (C=N–C) groups is 1. The van der Waals surface area contributed by atoms with Crippen molar-refractivity contribution in [3.8, 4) is 11.8 Å². The zero-order chi connectivity index (χ0) is 17.6. The van der Waals surface area contributed by atoms with Crippen molar-refractivity contribution in [1.29, 1.82) is 5.26 Å². The molecule has 25 heavy (non-hydrogen) atoms. The summed E-state index contributed by atoms with van der Waals surface area (Å²) in [4.78, 5) is 3.81. The molecule has 3 aromatic rings. The van der Waals surface area contributed by atoms with Crippen molar-refractivity contribution in [2.24, 2.45) is 4.99 Å². The number of hydrogen-bond acceptors (Lipinski definition) is 5. The van der Waals surface area contributed by atoms with E-state index >= 15 is 0 Å². The summed E-state index contributed by atoms with van der Waals surface area (Å²) in [6.07, 6.45) is 2.97. The molecule has 0 amide bonds. The maximum atomic E-state index is 12.2. The molecule has 0 N–H and O–H groups in total. The van der Waals surface area contributed by atoms with Gasteiger partial charge in [-0.2, -0.15) is 5.26 Å². The molecule has 0 aliphatic heterocycles. The summed E-state index contributed by atoms with van der Waals surface area (Å²) in [5.41, 5.74) is 2.57. The van der Waals surface area contributed by atoms with Crippen LogP contribution in [0, 0.1) is 18.3 Å². The third-order valence-electron chi connectivity index (χ3n) is 3.43. The van der Waals surface area contributed by atoms with Crippen LogP contribution >= 0.6 is 0 Å². The van der Waals surface area contributed by atoms with Gasteiger partial charge in [-0.15, -0.1) is 0 Å². The summed E-state index contributed by atoms with van der Waals surface area (Å²) in [6, 6.07) is 18.6. The van der Waals surface area contributed by atoms with Crippen LogP contribution in [-0.4, -0.2) is 11.2 Å². The summed E-state index contributed by atoms with van der Waals surface area (Å²) >= 11 is 0. The molecule has 122 valence electrons. The topological polar surface area (TPSA) is 89.1 Å². The number of nitrogens with zero attached hydrogens (tertiary/aromatic N) is 4. The van der Waals surface area contributed by atoms with Crippen molar-refractivity contribution in [3.05, 3.63) is 77.5 Å². The lowest BCUT2D eigenvalue weighted by molar-refractivity contribution is -0.670. The van der Waals surface area contributed by atoms with E-state index in [2.05, 4.69) is 10.3 Å². The fourth-order valence-electron chi connectivity index (χ4n) is 2.12. The van der Waals surface area contributed by atoms with E-state index in [1.807, 2.05) is 55.5 Å². The van der Waals surface area contributed by atoms with Gasteiger partial charge >= 0.3 is 5.88 Å². The molecule has 0 spiro atoms. The van der Waals surface area contributed by atoms with Gasteiger partial charge in [0.2, 0.25) is 11.0 Å². The first-order valence-corrected chi connectivity index (χ1v) is 7.54. The van der Waals surface area contributed by atoms with Gasteiger partial charge in [-0.1, -0.05) is 48.0 Å². The first-order chi connectivity index (χ1) is 12.2. The molecule has 0 bridgehead atoms. The van der Waals surface area contributed by atoms with Gasteiger partial charge in [0.05, 0.1) is 5.57 Å². The second-order valence-electron chi connectivity index (χ2n) is 5.32. The first-order valence-electron chi connectivity index (χ1n) is 7.54. The maximum Gasteiger partial charge on any atom is 0.321 e. The monoisotopic (exact) mass is 330 g/mol. The van der Waals surface area contributed by atoms with Crippen LogP contribution in [0.1, 0.15) is 11.1 Å². The van der Waals surface area contributed by atoms with E-state index in [0.29, 0.717) is 0 Å². The SMILES string of the molecule is Cc1ccc(-[n+]2cc(N=C([O-])C(C#N)=Cc3ccccc3)on2)cc1. The van der Waals surface area contributed by atoms with Gasteiger partial charge < -0.3 is 5.11 Å². The predicted molar refractivity (Wildman–Crippen MR) is 89.9 cm³/mol. The molecule has 0 saturated carbocycles. The van der Waals surface area contributed by atoms with Crippen LogP contribution in [0.3, 0.4) is 0 Å². The van der Waals surface area contributed by atoms with Gasteiger partial charge in [0.15, 0.2) is 0 Å². The summed E-state index contributed by atoms with van der Waals surface area (Å²) in [5, 5.41) is 25.2. The molecular formula is C19H14N4O2. The lowest BCUT2D eigenvalue weighted by Crippen LogP contribution is -2.31. The Balaban J connectivity index is 1.86. The summed E-state index contributed by atoms with van der Waals surface area (Å²) in [5.74, 6) is -0.654. The third-order valence-corrected chi connectivity index (χ3v) is 3.43. The maximum absolute atomic E-state index is 12.2. The highest BCUT2D eigenvalue weighted by atomic mass is 16.5. The largest absolute Gasteiger partial charge is 0.858 e. The standard InChI is InChI=1S/C19H14N4O2/c1-14-7-9-17(10-8-14)23-13-18(25-22-23)21-19(24)16(12-20)11-15-5-3-2-4-6-15/h2-11,13H,1H3. The van der Waals surface area contributed by atoms with Crippen molar-refractivity contribution >= 4 is 17.9 Å². The van der Waals surface area contributed by atoms with E-state index in [1.165, 1.54) is 17.0 Å². The molecule has 3 rings (SSSR count).